The number of aryl methyl sites for hydroxylation is 1. The molecule has 2 rings (SSSR count). The van der Waals surface area contributed by atoms with E-state index in [0.29, 0.717) is 5.69 Å². The zero-order chi connectivity index (χ0) is 18.9. The van der Waals surface area contributed by atoms with Gasteiger partial charge in [0.25, 0.3) is 0 Å². The summed E-state index contributed by atoms with van der Waals surface area (Å²) in [6, 6.07) is 15.3. The summed E-state index contributed by atoms with van der Waals surface area (Å²) in [6.07, 6.45) is 0.609. The van der Waals surface area contributed by atoms with Gasteiger partial charge in [0.15, 0.2) is 0 Å². The van der Waals surface area contributed by atoms with Crippen molar-refractivity contribution in [1.29, 1.82) is 0 Å². The van der Waals surface area contributed by atoms with Crippen molar-refractivity contribution in [2.75, 3.05) is 28.6 Å². The molecule has 0 aliphatic carbocycles. The van der Waals surface area contributed by atoms with Crippen molar-refractivity contribution in [3.05, 3.63) is 54.1 Å². The topological polar surface area (TPSA) is 61.4 Å². The third-order valence-corrected chi connectivity index (χ3v) is 4.27. The number of carbonyl (C=O) groups is 2. The lowest BCUT2D eigenvalue weighted by atomic mass is 10.1. The van der Waals surface area contributed by atoms with Gasteiger partial charge in [-0.3, -0.25) is 9.59 Å². The van der Waals surface area contributed by atoms with E-state index < -0.39 is 0 Å². The summed E-state index contributed by atoms with van der Waals surface area (Å²) in [5.74, 6) is -0.643. The molecule has 2 aromatic rings. The van der Waals surface area contributed by atoms with Gasteiger partial charge in [0.05, 0.1) is 0 Å². The first kappa shape index (κ1) is 19.5. The second-order valence-corrected chi connectivity index (χ2v) is 6.00. The number of para-hydroxylation sites is 1. The van der Waals surface area contributed by atoms with Gasteiger partial charge in [0.1, 0.15) is 6.42 Å². The number of amides is 2. The molecule has 0 saturated carbocycles. The van der Waals surface area contributed by atoms with Crippen molar-refractivity contribution in [1.82, 2.24) is 0 Å². The maximum atomic E-state index is 12.1. The Kier molecular flexibility index (Phi) is 7.21. The van der Waals surface area contributed by atoms with Crippen LogP contribution in [0.25, 0.3) is 0 Å². The zero-order valence-corrected chi connectivity index (χ0v) is 15.7. The molecule has 0 aromatic heterocycles. The van der Waals surface area contributed by atoms with Crippen molar-refractivity contribution in [3.63, 3.8) is 0 Å². The van der Waals surface area contributed by atoms with Crippen LogP contribution in [0.3, 0.4) is 0 Å². The number of nitrogens with zero attached hydrogens (tertiary/aromatic N) is 1. The van der Waals surface area contributed by atoms with Crippen molar-refractivity contribution in [2.45, 2.75) is 33.6 Å². The summed E-state index contributed by atoms with van der Waals surface area (Å²) in [5.41, 5.74) is 3.61. The van der Waals surface area contributed by atoms with E-state index in [2.05, 4.69) is 29.4 Å². The molecule has 0 bridgehead atoms. The van der Waals surface area contributed by atoms with Crippen LogP contribution < -0.4 is 15.5 Å². The molecule has 0 aliphatic heterocycles. The fourth-order valence-electron chi connectivity index (χ4n) is 2.84. The van der Waals surface area contributed by atoms with Crippen molar-refractivity contribution < 1.29 is 9.59 Å². The van der Waals surface area contributed by atoms with Crippen LogP contribution in [0.4, 0.5) is 17.1 Å². The maximum Gasteiger partial charge on any atom is 0.233 e. The van der Waals surface area contributed by atoms with Crippen LogP contribution in [0.2, 0.25) is 0 Å². The Morgan fingerprint density at radius 3 is 2.08 bits per heavy atom. The fourth-order valence-corrected chi connectivity index (χ4v) is 2.84. The lowest BCUT2D eigenvalue weighted by Crippen LogP contribution is -2.22. The van der Waals surface area contributed by atoms with Crippen molar-refractivity contribution in [3.8, 4) is 0 Å². The van der Waals surface area contributed by atoms with E-state index in [0.717, 1.165) is 36.4 Å². The van der Waals surface area contributed by atoms with Crippen LogP contribution in [-0.4, -0.2) is 24.9 Å². The molecule has 0 spiro atoms. The summed E-state index contributed by atoms with van der Waals surface area (Å²) >= 11 is 0. The Labute approximate surface area is 155 Å². The third-order valence-electron chi connectivity index (χ3n) is 4.27. The minimum atomic E-state index is -0.327. The Balaban J connectivity index is 1.90. The van der Waals surface area contributed by atoms with Gasteiger partial charge >= 0.3 is 0 Å². The molecule has 0 aliphatic rings. The number of hydrogen-bond donors (Lipinski definition) is 2. The minimum Gasteiger partial charge on any atom is -0.372 e. The normalized spacial score (nSPS) is 10.3. The van der Waals surface area contributed by atoms with Gasteiger partial charge in [0.2, 0.25) is 11.8 Å². The van der Waals surface area contributed by atoms with E-state index in [1.807, 2.05) is 55.5 Å². The van der Waals surface area contributed by atoms with Gasteiger partial charge in [0, 0.05) is 30.2 Å². The largest absolute Gasteiger partial charge is 0.372 e. The number of rotatable bonds is 8. The number of anilines is 3. The standard InChI is InChI=1S/C21H27N3O2/c1-4-16-9-7-8-10-19(16)23-21(26)15-20(25)22-17-11-13-18(14-12-17)24(5-2)6-3/h7-14H,4-6,15H2,1-3H3,(H,22,25)(H,23,26). The molecule has 26 heavy (non-hydrogen) atoms. The summed E-state index contributed by atoms with van der Waals surface area (Å²) < 4.78 is 0. The van der Waals surface area contributed by atoms with Gasteiger partial charge in [-0.15, -0.1) is 0 Å². The van der Waals surface area contributed by atoms with Crippen LogP contribution in [0.5, 0.6) is 0 Å². The van der Waals surface area contributed by atoms with Crippen LogP contribution in [0.1, 0.15) is 32.8 Å². The lowest BCUT2D eigenvalue weighted by molar-refractivity contribution is -0.123. The van der Waals surface area contributed by atoms with Gasteiger partial charge in [-0.05, 0) is 56.2 Å². The Hall–Kier alpha value is -2.82. The highest BCUT2D eigenvalue weighted by Gasteiger charge is 2.11. The SMILES string of the molecule is CCc1ccccc1NC(=O)CC(=O)Nc1ccc(N(CC)CC)cc1. The second kappa shape index (κ2) is 9.61. The molecule has 5 nitrogen and oxygen atoms in total. The van der Waals surface area contributed by atoms with Gasteiger partial charge in [-0.25, -0.2) is 0 Å². The number of carbonyl (C=O) groups excluding carboxylic acids is 2. The Bertz CT molecular complexity index is 737. The van der Waals surface area contributed by atoms with E-state index in [1.165, 1.54) is 0 Å². The van der Waals surface area contributed by atoms with E-state index in [4.69, 9.17) is 0 Å². The molecule has 0 radical (unpaired) electrons. The molecule has 0 heterocycles. The molecule has 0 atom stereocenters. The zero-order valence-electron chi connectivity index (χ0n) is 15.7. The highest BCUT2D eigenvalue weighted by atomic mass is 16.2. The van der Waals surface area contributed by atoms with Crippen LogP contribution in [0, 0.1) is 0 Å². The molecule has 2 N–H and O–H groups in total. The predicted octanol–water partition coefficient (Wildman–Crippen LogP) is 4.06. The van der Waals surface area contributed by atoms with Crippen LogP contribution in [0.15, 0.2) is 48.5 Å². The average molecular weight is 353 g/mol. The van der Waals surface area contributed by atoms with Gasteiger partial charge in [-0.1, -0.05) is 25.1 Å². The van der Waals surface area contributed by atoms with Crippen LogP contribution in [-0.2, 0) is 16.0 Å². The number of nitrogens with one attached hydrogen (secondary N) is 2. The molecular weight excluding hydrogens is 326 g/mol. The van der Waals surface area contributed by atoms with E-state index in [1.54, 1.807) is 0 Å². The summed E-state index contributed by atoms with van der Waals surface area (Å²) in [7, 11) is 0. The predicted molar refractivity (Wildman–Crippen MR) is 108 cm³/mol. The van der Waals surface area contributed by atoms with E-state index >= 15 is 0 Å². The first-order chi connectivity index (χ1) is 12.6. The average Bonchev–Trinajstić information content (AvgIpc) is 2.64. The first-order valence-corrected chi connectivity index (χ1v) is 9.10. The Morgan fingerprint density at radius 1 is 0.846 bits per heavy atom. The van der Waals surface area contributed by atoms with E-state index in [9.17, 15) is 9.59 Å². The fraction of sp³-hybridized carbons (Fsp3) is 0.333. The molecule has 2 amide bonds. The van der Waals surface area contributed by atoms with Gasteiger partial charge in [-0.2, -0.15) is 0 Å². The van der Waals surface area contributed by atoms with E-state index in [-0.39, 0.29) is 18.2 Å². The second-order valence-electron chi connectivity index (χ2n) is 6.00. The first-order valence-electron chi connectivity index (χ1n) is 9.10. The summed E-state index contributed by atoms with van der Waals surface area (Å²) in [4.78, 5) is 26.5. The Morgan fingerprint density at radius 2 is 1.46 bits per heavy atom. The summed E-state index contributed by atoms with van der Waals surface area (Å²) in [6.45, 7) is 8.10. The quantitative estimate of drug-likeness (QED) is 0.704. The van der Waals surface area contributed by atoms with Crippen molar-refractivity contribution >= 4 is 28.9 Å². The monoisotopic (exact) mass is 353 g/mol. The molecule has 0 saturated heterocycles. The molecular formula is C21H27N3O2. The highest BCUT2D eigenvalue weighted by molar-refractivity contribution is 6.08. The molecule has 0 unspecified atom stereocenters. The number of benzene rings is 2. The van der Waals surface area contributed by atoms with Gasteiger partial charge < -0.3 is 15.5 Å². The van der Waals surface area contributed by atoms with Crippen molar-refractivity contribution in [2.24, 2.45) is 0 Å². The number of hydrogen-bond acceptors (Lipinski definition) is 3. The molecule has 138 valence electrons. The molecule has 5 heteroatoms. The minimum absolute atomic E-state index is 0.212. The smallest absolute Gasteiger partial charge is 0.233 e. The molecule has 0 fully saturated rings. The lowest BCUT2D eigenvalue weighted by Gasteiger charge is -2.21. The highest BCUT2D eigenvalue weighted by Crippen LogP contribution is 2.18. The third kappa shape index (κ3) is 5.34. The maximum absolute atomic E-state index is 12.1. The van der Waals surface area contributed by atoms with Crippen LogP contribution >= 0.6 is 0 Å². The summed E-state index contributed by atoms with van der Waals surface area (Å²) in [5, 5.41) is 5.58. The molecule has 2 aromatic carbocycles.